The number of carboxylic acid groups (broad SMARTS) is 1. The van der Waals surface area contributed by atoms with Gasteiger partial charge in [0, 0.05) is 25.6 Å². The van der Waals surface area contributed by atoms with Crippen LogP contribution in [0.15, 0.2) is 18.2 Å². The van der Waals surface area contributed by atoms with E-state index in [0.717, 1.165) is 4.90 Å². The van der Waals surface area contributed by atoms with Gasteiger partial charge in [-0.05, 0) is 31.4 Å². The number of aliphatic hydroxyl groups is 1. The number of carboxylic acids is 1. The Morgan fingerprint density at radius 1 is 1.26 bits per heavy atom. The van der Waals surface area contributed by atoms with E-state index in [1.54, 1.807) is 13.0 Å². The number of carbonyl (C=O) groups excluding carboxylic acids is 3. The molecule has 0 aromatic heterocycles. The number of rotatable bonds is 6. The molecule has 3 aliphatic heterocycles. The summed E-state index contributed by atoms with van der Waals surface area (Å²) in [4.78, 5) is 52.4. The van der Waals surface area contributed by atoms with Gasteiger partial charge in [0.2, 0.25) is 12.1 Å². The Hall–Kier alpha value is -3.37. The number of carbonyl (C=O) groups is 4. The van der Waals surface area contributed by atoms with Crippen molar-refractivity contribution in [2.24, 2.45) is 5.92 Å². The third-order valence-electron chi connectivity index (χ3n) is 7.06. The van der Waals surface area contributed by atoms with Crippen molar-refractivity contribution in [2.45, 2.75) is 38.0 Å². The van der Waals surface area contributed by atoms with Crippen molar-refractivity contribution in [1.82, 2.24) is 20.4 Å². The summed E-state index contributed by atoms with van der Waals surface area (Å²) in [5, 5.41) is 35.3. The molecule has 0 bridgehead atoms. The molecule has 4 amide bonds. The third kappa shape index (κ3) is 5.56. The zero-order valence-electron chi connectivity index (χ0n) is 20.6. The highest BCUT2D eigenvalue weighted by molar-refractivity contribution is 7.91. The quantitative estimate of drug-likeness (QED) is 0.242. The summed E-state index contributed by atoms with van der Waals surface area (Å²) in [6.45, 7) is 2.25. The van der Waals surface area contributed by atoms with Gasteiger partial charge in [-0.25, -0.2) is 18.0 Å². The number of fused-ring (bicyclic) bond motifs is 1. The summed E-state index contributed by atoms with van der Waals surface area (Å²) in [6.07, 6.45) is -1.65. The van der Waals surface area contributed by atoms with Crippen molar-refractivity contribution in [3.8, 4) is 5.75 Å². The molecule has 4 rings (SSSR count). The van der Waals surface area contributed by atoms with E-state index in [-0.39, 0.29) is 48.7 Å². The molecule has 2 saturated heterocycles. The third-order valence-corrected chi connectivity index (χ3v) is 8.85. The summed E-state index contributed by atoms with van der Waals surface area (Å²) < 4.78 is 29.7. The SMILES string of the molecule is CCN1CCN(C(=O)NC(C(=O)N[C@H]2Cc3cccc(C(=O)O)c3OB2O)C2CCS(=O)(=O)C2)C(O)C1=O. The van der Waals surface area contributed by atoms with Crippen LogP contribution in [-0.2, 0) is 25.8 Å². The molecule has 3 heterocycles. The fourth-order valence-corrected chi connectivity index (χ4v) is 6.81. The Morgan fingerprint density at radius 3 is 2.63 bits per heavy atom. The van der Waals surface area contributed by atoms with E-state index >= 15 is 0 Å². The summed E-state index contributed by atoms with van der Waals surface area (Å²) in [6, 6.07) is 2.13. The number of hydrogen-bond donors (Lipinski definition) is 5. The highest BCUT2D eigenvalue weighted by atomic mass is 32.2. The Kier molecular flexibility index (Phi) is 7.85. The van der Waals surface area contributed by atoms with Crippen molar-refractivity contribution in [1.29, 1.82) is 0 Å². The number of para-hydroxylation sites is 1. The van der Waals surface area contributed by atoms with Gasteiger partial charge in [-0.1, -0.05) is 12.1 Å². The molecule has 2 fully saturated rings. The number of benzene rings is 1. The van der Waals surface area contributed by atoms with E-state index < -0.39 is 64.9 Å². The Morgan fingerprint density at radius 2 is 2.00 bits per heavy atom. The number of hydrogen-bond acceptors (Lipinski definition) is 9. The largest absolute Gasteiger partial charge is 0.547 e. The average molecular weight is 552 g/mol. The minimum atomic E-state index is -3.45. The first-order valence-corrected chi connectivity index (χ1v) is 14.0. The molecule has 38 heavy (non-hydrogen) atoms. The first-order valence-electron chi connectivity index (χ1n) is 12.2. The molecule has 1 aromatic carbocycles. The van der Waals surface area contributed by atoms with Gasteiger partial charge in [0.25, 0.3) is 5.91 Å². The number of nitrogens with one attached hydrogen (secondary N) is 2. The second kappa shape index (κ2) is 10.8. The number of amides is 4. The monoisotopic (exact) mass is 552 g/mol. The van der Waals surface area contributed by atoms with Crippen LogP contribution in [0.25, 0.3) is 0 Å². The van der Waals surface area contributed by atoms with Crippen LogP contribution >= 0.6 is 0 Å². The minimum absolute atomic E-state index is 0.00174. The maximum atomic E-state index is 13.4. The number of urea groups is 1. The van der Waals surface area contributed by atoms with Crippen molar-refractivity contribution >= 4 is 40.8 Å². The van der Waals surface area contributed by atoms with E-state index in [1.807, 2.05) is 0 Å². The molecule has 16 heteroatoms. The Bertz CT molecular complexity index is 1240. The number of aliphatic hydroxyl groups excluding tert-OH is 1. The fraction of sp³-hybridized carbons (Fsp3) is 0.545. The summed E-state index contributed by atoms with van der Waals surface area (Å²) in [7, 11) is -5.06. The van der Waals surface area contributed by atoms with E-state index in [0.29, 0.717) is 12.1 Å². The Balaban J connectivity index is 1.52. The molecule has 5 N–H and O–H groups in total. The van der Waals surface area contributed by atoms with Gasteiger partial charge in [-0.2, -0.15) is 0 Å². The maximum Gasteiger partial charge on any atom is 0.547 e. The van der Waals surface area contributed by atoms with Gasteiger partial charge < -0.3 is 35.4 Å². The highest BCUT2D eigenvalue weighted by Gasteiger charge is 2.44. The lowest BCUT2D eigenvalue weighted by atomic mass is 9.72. The molecule has 3 aliphatic rings. The minimum Gasteiger partial charge on any atom is -0.534 e. The number of aromatic carboxylic acids is 1. The lowest BCUT2D eigenvalue weighted by Crippen LogP contribution is -2.64. The zero-order chi connectivity index (χ0) is 27.8. The fourth-order valence-electron chi connectivity index (χ4n) is 4.97. The van der Waals surface area contributed by atoms with Gasteiger partial charge in [0.1, 0.15) is 11.8 Å². The highest BCUT2D eigenvalue weighted by Crippen LogP contribution is 2.30. The predicted molar refractivity (Wildman–Crippen MR) is 132 cm³/mol. The summed E-state index contributed by atoms with van der Waals surface area (Å²) in [5.74, 6) is -5.08. The van der Waals surface area contributed by atoms with Gasteiger partial charge in [-0.15, -0.1) is 0 Å². The molecule has 14 nitrogen and oxygen atoms in total. The molecule has 3 unspecified atom stereocenters. The van der Waals surface area contributed by atoms with Crippen LogP contribution in [0.5, 0.6) is 5.75 Å². The van der Waals surface area contributed by atoms with Crippen LogP contribution in [0.4, 0.5) is 4.79 Å². The normalized spacial score (nSPS) is 25.3. The predicted octanol–water partition coefficient (Wildman–Crippen LogP) is -2.18. The number of piperazine rings is 1. The maximum absolute atomic E-state index is 13.4. The molecule has 0 saturated carbocycles. The van der Waals surface area contributed by atoms with E-state index in [4.69, 9.17) is 4.65 Å². The summed E-state index contributed by atoms with van der Waals surface area (Å²) in [5.41, 5.74) is 0.281. The van der Waals surface area contributed by atoms with Crippen LogP contribution in [0.3, 0.4) is 0 Å². The smallest absolute Gasteiger partial charge is 0.534 e. The molecule has 1 aromatic rings. The lowest BCUT2D eigenvalue weighted by molar-refractivity contribution is -0.153. The van der Waals surface area contributed by atoms with E-state index in [9.17, 15) is 42.8 Å². The van der Waals surface area contributed by atoms with Gasteiger partial charge in [0.05, 0.1) is 23.0 Å². The molecule has 206 valence electrons. The molecule has 0 spiro atoms. The first-order chi connectivity index (χ1) is 17.9. The standard InChI is InChI=1S/C22H29BN4O10S/c1-2-26-7-8-27(20(30)19(26)29)22(33)25-16(13-6-9-38(35,36)11-13)18(28)24-15-10-12-4-3-5-14(21(31)32)17(12)37-23(15)34/h3-5,13,15-16,20,30,34H,2,6-11H2,1H3,(H,24,28)(H,25,33)(H,31,32)/t13?,15-,16?,20?/m0/s1. The molecular weight excluding hydrogens is 523 g/mol. The molecule has 4 atom stereocenters. The topological polar surface area (TPSA) is 203 Å². The van der Waals surface area contributed by atoms with Crippen molar-refractivity contribution in [2.75, 3.05) is 31.1 Å². The molecule has 0 aliphatic carbocycles. The number of sulfone groups is 1. The van der Waals surface area contributed by atoms with E-state index in [2.05, 4.69) is 10.6 Å². The first kappa shape index (κ1) is 27.7. The van der Waals surface area contributed by atoms with Crippen molar-refractivity contribution < 1.29 is 47.5 Å². The van der Waals surface area contributed by atoms with E-state index in [1.165, 1.54) is 17.0 Å². The average Bonchev–Trinajstić information content (AvgIpc) is 3.23. The van der Waals surface area contributed by atoms with Crippen molar-refractivity contribution in [3.05, 3.63) is 29.3 Å². The number of nitrogens with zero attached hydrogens (tertiary/aromatic N) is 2. The molecule has 0 radical (unpaired) electrons. The van der Waals surface area contributed by atoms with Gasteiger partial charge in [0.15, 0.2) is 9.84 Å². The number of likely N-dealkylation sites (N-methyl/N-ethyl adjacent to an activating group) is 1. The molecular formula is C22H29BN4O10S. The van der Waals surface area contributed by atoms with Crippen LogP contribution < -0.4 is 15.3 Å². The zero-order valence-corrected chi connectivity index (χ0v) is 21.4. The Labute approximate surface area is 219 Å². The van der Waals surface area contributed by atoms with Crippen LogP contribution in [0, 0.1) is 5.92 Å². The van der Waals surface area contributed by atoms with Crippen LogP contribution in [0.1, 0.15) is 29.3 Å². The van der Waals surface area contributed by atoms with Crippen LogP contribution in [-0.4, -0.2) is 114 Å². The second-order valence-electron chi connectivity index (χ2n) is 9.50. The lowest BCUT2D eigenvalue weighted by Gasteiger charge is -2.38. The van der Waals surface area contributed by atoms with Crippen molar-refractivity contribution in [3.63, 3.8) is 0 Å². The van der Waals surface area contributed by atoms with Crippen LogP contribution in [0.2, 0.25) is 0 Å². The van der Waals surface area contributed by atoms with Gasteiger partial charge in [-0.3, -0.25) is 14.5 Å². The van der Waals surface area contributed by atoms with Gasteiger partial charge >= 0.3 is 19.1 Å². The summed E-state index contributed by atoms with van der Waals surface area (Å²) >= 11 is 0. The second-order valence-corrected chi connectivity index (χ2v) is 11.7.